The van der Waals surface area contributed by atoms with E-state index in [0.29, 0.717) is 10.9 Å². The second kappa shape index (κ2) is 5.53. The highest BCUT2D eigenvalue weighted by Crippen LogP contribution is 2.20. The molecular formula is C12H13N3O4S. The van der Waals surface area contributed by atoms with Gasteiger partial charge < -0.3 is 10.8 Å². The van der Waals surface area contributed by atoms with Crippen LogP contribution in [0, 0.1) is 0 Å². The van der Waals surface area contributed by atoms with Gasteiger partial charge in [0.2, 0.25) is 15.9 Å². The van der Waals surface area contributed by atoms with Crippen LogP contribution in [0.5, 0.6) is 0 Å². The second-order valence-electron chi connectivity index (χ2n) is 4.10. The Bertz CT molecular complexity index is 740. The molecule has 106 valence electrons. The number of aromatic nitrogens is 1. The van der Waals surface area contributed by atoms with Gasteiger partial charge in [-0.1, -0.05) is 6.07 Å². The number of hydrogen-bond donors (Lipinski definition) is 3. The third-order valence-electron chi connectivity index (χ3n) is 2.69. The van der Waals surface area contributed by atoms with Gasteiger partial charge in [0.15, 0.2) is 0 Å². The molecule has 7 nitrogen and oxygen atoms in total. The van der Waals surface area contributed by atoms with Crippen molar-refractivity contribution in [2.45, 2.75) is 11.0 Å². The minimum Gasteiger partial charge on any atom is -0.382 e. The minimum atomic E-state index is -3.87. The number of fused-ring (bicyclic) bond motifs is 1. The molecular weight excluding hydrogens is 282 g/mol. The van der Waals surface area contributed by atoms with Crippen molar-refractivity contribution < 1.29 is 18.3 Å². The number of nitrogens with zero attached hydrogens (tertiary/aromatic N) is 1. The molecule has 2 aromatic rings. The molecule has 0 saturated heterocycles. The Morgan fingerprint density at radius 3 is 2.80 bits per heavy atom. The fourth-order valence-electron chi connectivity index (χ4n) is 1.68. The van der Waals surface area contributed by atoms with Crippen LogP contribution in [-0.4, -0.2) is 37.1 Å². The highest BCUT2D eigenvalue weighted by atomic mass is 32.2. The molecule has 0 saturated carbocycles. The molecule has 0 bridgehead atoms. The number of nitrogens with two attached hydrogens (primary N) is 1. The molecule has 1 heterocycles. The fraction of sp³-hybridized carbons (Fsp3) is 0.167. The van der Waals surface area contributed by atoms with Gasteiger partial charge in [0.25, 0.3) is 0 Å². The number of carbonyl (C=O) groups is 1. The van der Waals surface area contributed by atoms with Gasteiger partial charge >= 0.3 is 0 Å². The van der Waals surface area contributed by atoms with Gasteiger partial charge in [0.05, 0.1) is 10.4 Å². The summed E-state index contributed by atoms with van der Waals surface area (Å²) in [7, 11) is -3.87. The Labute approximate surface area is 115 Å². The van der Waals surface area contributed by atoms with Crippen molar-refractivity contribution >= 4 is 26.8 Å². The molecule has 1 aromatic heterocycles. The highest BCUT2D eigenvalue weighted by molar-refractivity contribution is 7.89. The number of nitrogens with one attached hydrogen (secondary N) is 1. The smallest absolute Gasteiger partial charge is 0.247 e. The van der Waals surface area contributed by atoms with Crippen LogP contribution in [0.2, 0.25) is 0 Å². The van der Waals surface area contributed by atoms with Crippen molar-refractivity contribution in [2.75, 3.05) is 6.54 Å². The van der Waals surface area contributed by atoms with Gasteiger partial charge in [-0.15, -0.1) is 0 Å². The van der Waals surface area contributed by atoms with Gasteiger partial charge in [0.1, 0.15) is 6.10 Å². The van der Waals surface area contributed by atoms with Crippen LogP contribution in [0.1, 0.15) is 0 Å². The molecule has 2 rings (SSSR count). The molecule has 0 spiro atoms. The van der Waals surface area contributed by atoms with Crippen molar-refractivity contribution in [3.05, 3.63) is 36.5 Å². The van der Waals surface area contributed by atoms with Crippen LogP contribution in [0.25, 0.3) is 10.9 Å². The number of primary amides is 1. The number of pyridine rings is 1. The number of rotatable bonds is 5. The minimum absolute atomic E-state index is 0.0276. The SMILES string of the molecule is NC(=O)C(O)CNS(=O)(=O)c1cccc2ncccc12. The van der Waals surface area contributed by atoms with Gasteiger partial charge in [-0.2, -0.15) is 0 Å². The molecule has 1 amide bonds. The number of hydrogen-bond acceptors (Lipinski definition) is 5. The summed E-state index contributed by atoms with van der Waals surface area (Å²) in [4.78, 5) is 14.8. The highest BCUT2D eigenvalue weighted by Gasteiger charge is 2.20. The van der Waals surface area contributed by atoms with Crippen molar-refractivity contribution in [2.24, 2.45) is 5.73 Å². The number of benzene rings is 1. The number of sulfonamides is 1. The van der Waals surface area contributed by atoms with Crippen LogP contribution in [-0.2, 0) is 14.8 Å². The first-order valence-corrected chi connectivity index (χ1v) is 7.21. The summed E-state index contributed by atoms with van der Waals surface area (Å²) in [6.07, 6.45) is -0.0129. The van der Waals surface area contributed by atoms with Gasteiger partial charge in [-0.25, -0.2) is 13.1 Å². The van der Waals surface area contributed by atoms with Crippen molar-refractivity contribution in [1.29, 1.82) is 0 Å². The third-order valence-corrected chi connectivity index (χ3v) is 4.17. The van der Waals surface area contributed by atoms with E-state index in [1.165, 1.54) is 6.07 Å². The van der Waals surface area contributed by atoms with E-state index in [9.17, 15) is 18.3 Å². The molecule has 0 fully saturated rings. The maximum atomic E-state index is 12.2. The Morgan fingerprint density at radius 2 is 2.10 bits per heavy atom. The van der Waals surface area contributed by atoms with Crippen LogP contribution in [0.3, 0.4) is 0 Å². The lowest BCUT2D eigenvalue weighted by Gasteiger charge is -2.11. The fourth-order valence-corrected chi connectivity index (χ4v) is 2.93. The topological polar surface area (TPSA) is 122 Å². The largest absolute Gasteiger partial charge is 0.382 e. The average Bonchev–Trinajstić information content (AvgIpc) is 2.44. The number of carbonyl (C=O) groups excluding carboxylic acids is 1. The molecule has 1 unspecified atom stereocenters. The molecule has 0 aliphatic rings. The van der Waals surface area contributed by atoms with E-state index in [1.54, 1.807) is 30.5 Å². The van der Waals surface area contributed by atoms with E-state index in [4.69, 9.17) is 5.73 Å². The Balaban J connectivity index is 2.35. The zero-order valence-corrected chi connectivity index (χ0v) is 11.2. The molecule has 0 aliphatic carbocycles. The quantitative estimate of drug-likeness (QED) is 0.677. The first kappa shape index (κ1) is 14.4. The van der Waals surface area contributed by atoms with Crippen LogP contribution in [0.4, 0.5) is 0 Å². The maximum absolute atomic E-state index is 12.2. The zero-order valence-electron chi connectivity index (χ0n) is 10.4. The molecule has 0 radical (unpaired) electrons. The number of aliphatic hydroxyl groups excluding tert-OH is 1. The molecule has 1 atom stereocenters. The van der Waals surface area contributed by atoms with E-state index in [1.807, 2.05) is 0 Å². The van der Waals surface area contributed by atoms with E-state index < -0.39 is 28.6 Å². The summed E-state index contributed by atoms with van der Waals surface area (Å²) in [6, 6.07) is 7.92. The van der Waals surface area contributed by atoms with Crippen molar-refractivity contribution in [3.8, 4) is 0 Å². The molecule has 0 aliphatic heterocycles. The monoisotopic (exact) mass is 295 g/mol. The number of aliphatic hydroxyl groups is 1. The summed E-state index contributed by atoms with van der Waals surface area (Å²) in [6.45, 7) is -0.478. The van der Waals surface area contributed by atoms with Crippen LogP contribution in [0.15, 0.2) is 41.4 Å². The van der Waals surface area contributed by atoms with E-state index in [2.05, 4.69) is 9.71 Å². The zero-order chi connectivity index (χ0) is 14.8. The summed E-state index contributed by atoms with van der Waals surface area (Å²) in [5.41, 5.74) is 5.39. The molecule has 20 heavy (non-hydrogen) atoms. The van der Waals surface area contributed by atoms with Crippen molar-refractivity contribution in [1.82, 2.24) is 9.71 Å². The molecule has 1 aromatic carbocycles. The maximum Gasteiger partial charge on any atom is 0.247 e. The van der Waals surface area contributed by atoms with E-state index >= 15 is 0 Å². The lowest BCUT2D eigenvalue weighted by molar-refractivity contribution is -0.125. The van der Waals surface area contributed by atoms with Gasteiger partial charge in [-0.05, 0) is 24.3 Å². The lowest BCUT2D eigenvalue weighted by atomic mass is 10.2. The third kappa shape index (κ3) is 2.93. The summed E-state index contributed by atoms with van der Waals surface area (Å²) >= 11 is 0. The number of amides is 1. The van der Waals surface area contributed by atoms with Gasteiger partial charge in [0, 0.05) is 18.1 Å². The molecule has 4 N–H and O–H groups in total. The summed E-state index contributed by atoms with van der Waals surface area (Å²) in [5.74, 6) is -0.993. The first-order valence-electron chi connectivity index (χ1n) is 5.72. The van der Waals surface area contributed by atoms with Crippen LogP contribution < -0.4 is 10.5 Å². The first-order chi connectivity index (χ1) is 9.42. The Kier molecular flexibility index (Phi) is 3.98. The lowest BCUT2D eigenvalue weighted by Crippen LogP contribution is -2.39. The molecule has 8 heteroatoms. The summed E-state index contributed by atoms with van der Waals surface area (Å²) < 4.78 is 26.5. The normalized spacial score (nSPS) is 13.2. The van der Waals surface area contributed by atoms with E-state index in [0.717, 1.165) is 0 Å². The second-order valence-corrected chi connectivity index (χ2v) is 5.83. The van der Waals surface area contributed by atoms with Crippen LogP contribution >= 0.6 is 0 Å². The standard InChI is InChI=1S/C12H13N3O4S/c13-12(17)10(16)7-15-20(18,19)11-5-1-4-9-8(11)3-2-6-14-9/h1-6,10,15-16H,7H2,(H2,13,17). The summed E-state index contributed by atoms with van der Waals surface area (Å²) in [5, 5.41) is 9.69. The Hall–Kier alpha value is -2.03. The predicted octanol–water partition coefficient (Wildman–Crippen LogP) is -0.641. The average molecular weight is 295 g/mol. The Morgan fingerprint density at radius 1 is 1.35 bits per heavy atom. The van der Waals surface area contributed by atoms with E-state index in [-0.39, 0.29) is 4.90 Å². The van der Waals surface area contributed by atoms with Gasteiger partial charge in [-0.3, -0.25) is 9.78 Å². The van der Waals surface area contributed by atoms with Crippen molar-refractivity contribution in [3.63, 3.8) is 0 Å². The predicted molar refractivity (Wildman–Crippen MR) is 72.1 cm³/mol.